The average molecular weight is 342 g/mol. The fourth-order valence-electron chi connectivity index (χ4n) is 2.14. The lowest BCUT2D eigenvalue weighted by molar-refractivity contribution is 0.251. The Morgan fingerprint density at radius 1 is 1.29 bits per heavy atom. The summed E-state index contributed by atoms with van der Waals surface area (Å²) in [7, 11) is 0. The summed E-state index contributed by atoms with van der Waals surface area (Å²) < 4.78 is 5.50. The largest absolute Gasteiger partial charge is 0.441 e. The topological polar surface area (TPSA) is 80.0 Å². The highest BCUT2D eigenvalue weighted by atomic mass is 32.1. The summed E-state index contributed by atoms with van der Waals surface area (Å²) in [6, 6.07) is 7.10. The van der Waals surface area contributed by atoms with Crippen molar-refractivity contribution in [2.24, 2.45) is 0 Å². The fraction of sp³-hybridized carbons (Fsp3) is 0.235. The molecule has 2 amide bonds. The molecule has 2 N–H and O–H groups in total. The lowest BCUT2D eigenvalue weighted by atomic mass is 10.2. The van der Waals surface area contributed by atoms with Crippen LogP contribution in [0.3, 0.4) is 0 Å². The van der Waals surface area contributed by atoms with E-state index in [9.17, 15) is 4.79 Å². The third kappa shape index (κ3) is 3.99. The van der Waals surface area contributed by atoms with Crippen LogP contribution in [-0.2, 0) is 13.0 Å². The Hall–Kier alpha value is -2.67. The Bertz CT molecular complexity index is 840. The van der Waals surface area contributed by atoms with E-state index < -0.39 is 0 Å². The number of thiazole rings is 1. The van der Waals surface area contributed by atoms with E-state index >= 15 is 0 Å². The van der Waals surface area contributed by atoms with E-state index in [1.165, 1.54) is 4.88 Å². The predicted molar refractivity (Wildman–Crippen MR) is 94.0 cm³/mol. The molecule has 0 unspecified atom stereocenters. The molecule has 3 aromatic rings. The molecule has 2 heterocycles. The number of anilines is 1. The van der Waals surface area contributed by atoms with Crippen molar-refractivity contribution in [2.75, 3.05) is 5.32 Å². The molecule has 0 aliphatic rings. The smallest absolute Gasteiger partial charge is 0.319 e. The Morgan fingerprint density at radius 3 is 2.88 bits per heavy atom. The first-order valence-electron chi connectivity index (χ1n) is 7.65. The molecular formula is C17H18N4O2S. The fourth-order valence-corrected chi connectivity index (χ4v) is 2.94. The summed E-state index contributed by atoms with van der Waals surface area (Å²) in [5.41, 5.74) is 1.49. The molecule has 0 aliphatic heterocycles. The first-order valence-corrected chi connectivity index (χ1v) is 8.47. The van der Waals surface area contributed by atoms with Crippen LogP contribution in [0.1, 0.15) is 22.6 Å². The molecule has 7 heteroatoms. The highest BCUT2D eigenvalue weighted by Gasteiger charge is 2.08. The van der Waals surface area contributed by atoms with Crippen molar-refractivity contribution in [1.29, 1.82) is 0 Å². The van der Waals surface area contributed by atoms with Crippen LogP contribution >= 0.6 is 11.3 Å². The number of carbonyl (C=O) groups is 1. The van der Waals surface area contributed by atoms with Crippen LogP contribution in [-0.4, -0.2) is 16.0 Å². The number of nitrogens with one attached hydrogen (secondary N) is 2. The van der Waals surface area contributed by atoms with Gasteiger partial charge in [-0.1, -0.05) is 13.0 Å². The van der Waals surface area contributed by atoms with Gasteiger partial charge in [-0.15, -0.1) is 11.3 Å². The minimum atomic E-state index is -0.274. The molecule has 0 saturated carbocycles. The summed E-state index contributed by atoms with van der Waals surface area (Å²) in [6.45, 7) is 4.34. The lowest BCUT2D eigenvalue weighted by Gasteiger charge is -2.07. The second-order valence-corrected chi connectivity index (χ2v) is 6.44. The number of nitrogens with zero attached hydrogens (tertiary/aromatic N) is 2. The molecule has 124 valence electrons. The predicted octanol–water partition coefficient (Wildman–Crippen LogP) is 3.99. The molecule has 0 fully saturated rings. The Morgan fingerprint density at radius 2 is 2.17 bits per heavy atom. The number of rotatable bonds is 5. The van der Waals surface area contributed by atoms with Gasteiger partial charge in [0.1, 0.15) is 10.8 Å². The normalized spacial score (nSPS) is 10.6. The minimum Gasteiger partial charge on any atom is -0.441 e. The number of hydrogen-bond acceptors (Lipinski definition) is 5. The highest BCUT2D eigenvalue weighted by molar-refractivity contribution is 7.11. The van der Waals surface area contributed by atoms with Gasteiger partial charge in [0.25, 0.3) is 0 Å². The third-order valence-corrected chi connectivity index (χ3v) is 4.48. The number of hydrogen-bond donors (Lipinski definition) is 2. The number of aryl methyl sites for hydroxylation is 2. The maximum atomic E-state index is 12.0. The van der Waals surface area contributed by atoms with E-state index in [-0.39, 0.29) is 6.03 Å². The van der Waals surface area contributed by atoms with Crippen LogP contribution in [0.2, 0.25) is 0 Å². The number of carbonyl (C=O) groups excluding carboxylic acids is 1. The van der Waals surface area contributed by atoms with Crippen molar-refractivity contribution in [3.8, 4) is 11.5 Å². The summed E-state index contributed by atoms with van der Waals surface area (Å²) in [5, 5.41) is 6.51. The second kappa shape index (κ2) is 7.27. The van der Waals surface area contributed by atoms with Crippen molar-refractivity contribution in [3.63, 3.8) is 0 Å². The molecule has 6 nitrogen and oxygen atoms in total. The first kappa shape index (κ1) is 16.2. The SMILES string of the molecule is CCc1cnc(CNC(=O)Nc2cccc(-c3ncc(C)o3)c2)s1. The van der Waals surface area contributed by atoms with Crippen molar-refractivity contribution in [1.82, 2.24) is 15.3 Å². The van der Waals surface area contributed by atoms with E-state index in [4.69, 9.17) is 4.42 Å². The van der Waals surface area contributed by atoms with Crippen molar-refractivity contribution in [3.05, 3.63) is 52.3 Å². The monoisotopic (exact) mass is 342 g/mol. The van der Waals surface area contributed by atoms with Crippen LogP contribution in [0.25, 0.3) is 11.5 Å². The quantitative estimate of drug-likeness (QED) is 0.735. The zero-order chi connectivity index (χ0) is 16.9. The first-order chi connectivity index (χ1) is 11.6. The molecule has 0 saturated heterocycles. The number of oxazole rings is 1. The van der Waals surface area contributed by atoms with E-state index in [0.717, 1.165) is 22.8 Å². The van der Waals surface area contributed by atoms with Gasteiger partial charge in [-0.3, -0.25) is 0 Å². The Balaban J connectivity index is 1.60. The van der Waals surface area contributed by atoms with E-state index in [0.29, 0.717) is 18.1 Å². The van der Waals surface area contributed by atoms with Crippen molar-refractivity contribution >= 4 is 23.1 Å². The van der Waals surface area contributed by atoms with Gasteiger partial charge in [0.15, 0.2) is 0 Å². The zero-order valence-electron chi connectivity index (χ0n) is 13.5. The summed E-state index contributed by atoms with van der Waals surface area (Å²) in [4.78, 5) is 21.7. The highest BCUT2D eigenvalue weighted by Crippen LogP contribution is 2.22. The standard InChI is InChI=1S/C17H18N4O2S/c1-3-14-9-18-15(24-14)10-20-17(22)21-13-6-4-5-12(7-13)16-19-8-11(2)23-16/h4-9H,3,10H2,1-2H3,(H2,20,21,22). The third-order valence-electron chi connectivity index (χ3n) is 3.34. The number of urea groups is 1. The molecule has 1 aromatic carbocycles. The number of benzene rings is 1. The molecule has 0 radical (unpaired) electrons. The molecule has 0 atom stereocenters. The molecule has 0 bridgehead atoms. The van der Waals surface area contributed by atoms with Crippen LogP contribution in [0.5, 0.6) is 0 Å². The van der Waals surface area contributed by atoms with Crippen molar-refractivity contribution in [2.45, 2.75) is 26.8 Å². The maximum absolute atomic E-state index is 12.0. The van der Waals surface area contributed by atoms with Crippen LogP contribution in [0, 0.1) is 6.92 Å². The van der Waals surface area contributed by atoms with Gasteiger partial charge in [-0.05, 0) is 31.5 Å². The number of amides is 2. The zero-order valence-corrected chi connectivity index (χ0v) is 14.3. The van der Waals surface area contributed by atoms with Gasteiger partial charge < -0.3 is 15.1 Å². The summed E-state index contributed by atoms with van der Waals surface area (Å²) in [6.07, 6.45) is 4.47. The molecule has 0 aliphatic carbocycles. The number of aromatic nitrogens is 2. The molecule has 24 heavy (non-hydrogen) atoms. The van der Waals surface area contributed by atoms with E-state index in [1.807, 2.05) is 37.4 Å². The van der Waals surface area contributed by atoms with Gasteiger partial charge >= 0.3 is 6.03 Å². The summed E-state index contributed by atoms with van der Waals surface area (Å²) >= 11 is 1.61. The van der Waals surface area contributed by atoms with Crippen LogP contribution in [0.4, 0.5) is 10.5 Å². The van der Waals surface area contributed by atoms with Gasteiger partial charge in [0.05, 0.1) is 12.7 Å². The second-order valence-electron chi connectivity index (χ2n) is 5.24. The van der Waals surface area contributed by atoms with Gasteiger partial charge in [-0.25, -0.2) is 14.8 Å². The average Bonchev–Trinajstić information content (AvgIpc) is 3.22. The Kier molecular flexibility index (Phi) is 4.90. The molecular weight excluding hydrogens is 324 g/mol. The van der Waals surface area contributed by atoms with Gasteiger partial charge in [0.2, 0.25) is 5.89 Å². The lowest BCUT2D eigenvalue weighted by Crippen LogP contribution is -2.28. The minimum absolute atomic E-state index is 0.274. The van der Waals surface area contributed by atoms with Crippen LogP contribution in [0.15, 0.2) is 41.1 Å². The van der Waals surface area contributed by atoms with Crippen molar-refractivity contribution < 1.29 is 9.21 Å². The maximum Gasteiger partial charge on any atom is 0.319 e. The van der Waals surface area contributed by atoms with E-state index in [2.05, 4.69) is 27.5 Å². The molecule has 3 rings (SSSR count). The molecule has 0 spiro atoms. The summed E-state index contributed by atoms with van der Waals surface area (Å²) in [5.74, 6) is 1.28. The van der Waals surface area contributed by atoms with E-state index in [1.54, 1.807) is 17.5 Å². The Labute approximate surface area is 144 Å². The molecule has 2 aromatic heterocycles. The van der Waals surface area contributed by atoms with Gasteiger partial charge in [-0.2, -0.15) is 0 Å². The van der Waals surface area contributed by atoms with Crippen LogP contribution < -0.4 is 10.6 Å². The van der Waals surface area contributed by atoms with Gasteiger partial charge in [0, 0.05) is 22.3 Å².